The average molecular weight is 428 g/mol. The standard InChI is InChI=1S/C22H21NO4S2/c1-4-23-21(25)19(29-22(23)28)12-15-11-16(18(27-5-2)13-17(15)26-3)20(24)14-9-7-6-8-10-14/h6-13H,4-5H2,1-3H3/b19-12-. The molecule has 0 saturated carbocycles. The lowest BCUT2D eigenvalue weighted by atomic mass is 9.99. The third-order valence-electron chi connectivity index (χ3n) is 4.39. The smallest absolute Gasteiger partial charge is 0.266 e. The van der Waals surface area contributed by atoms with Crippen LogP contribution in [0.4, 0.5) is 0 Å². The summed E-state index contributed by atoms with van der Waals surface area (Å²) in [4.78, 5) is 27.7. The lowest BCUT2D eigenvalue weighted by molar-refractivity contribution is -0.121. The zero-order valence-corrected chi connectivity index (χ0v) is 18.1. The van der Waals surface area contributed by atoms with Crippen LogP contribution in [0.3, 0.4) is 0 Å². The van der Waals surface area contributed by atoms with Gasteiger partial charge in [-0.1, -0.05) is 54.3 Å². The minimum Gasteiger partial charge on any atom is -0.496 e. The van der Waals surface area contributed by atoms with E-state index in [1.54, 1.807) is 42.4 Å². The van der Waals surface area contributed by atoms with Gasteiger partial charge in [-0.15, -0.1) is 0 Å². The molecule has 0 N–H and O–H groups in total. The molecule has 1 heterocycles. The van der Waals surface area contributed by atoms with Crippen molar-refractivity contribution in [3.8, 4) is 11.5 Å². The molecule has 1 amide bonds. The van der Waals surface area contributed by atoms with Crippen LogP contribution in [-0.4, -0.2) is 41.2 Å². The SMILES string of the molecule is CCOc1cc(OC)c(/C=C2\SC(=S)N(CC)C2=O)cc1C(=O)c1ccccc1. The Bertz CT molecular complexity index is 986. The molecule has 0 atom stereocenters. The summed E-state index contributed by atoms with van der Waals surface area (Å²) in [5.41, 5.74) is 1.59. The molecule has 0 radical (unpaired) electrons. The maximum atomic E-state index is 13.1. The Morgan fingerprint density at radius 2 is 1.90 bits per heavy atom. The van der Waals surface area contributed by atoms with E-state index in [0.717, 1.165) is 0 Å². The van der Waals surface area contributed by atoms with Gasteiger partial charge in [0.25, 0.3) is 5.91 Å². The second-order valence-electron chi connectivity index (χ2n) is 6.14. The molecule has 1 fully saturated rings. The van der Waals surface area contributed by atoms with Crippen LogP contribution in [0.2, 0.25) is 0 Å². The Hall–Kier alpha value is -2.64. The molecule has 0 spiro atoms. The van der Waals surface area contributed by atoms with Gasteiger partial charge in [0, 0.05) is 23.7 Å². The Labute approximate surface area is 179 Å². The van der Waals surface area contributed by atoms with E-state index < -0.39 is 0 Å². The van der Waals surface area contributed by atoms with Crippen molar-refractivity contribution in [2.24, 2.45) is 0 Å². The van der Waals surface area contributed by atoms with Crippen molar-refractivity contribution in [2.45, 2.75) is 13.8 Å². The van der Waals surface area contributed by atoms with E-state index >= 15 is 0 Å². The summed E-state index contributed by atoms with van der Waals surface area (Å²) in [6.07, 6.45) is 1.71. The van der Waals surface area contributed by atoms with Crippen molar-refractivity contribution < 1.29 is 19.1 Å². The van der Waals surface area contributed by atoms with Crippen LogP contribution in [0.5, 0.6) is 11.5 Å². The molecule has 1 aliphatic heterocycles. The summed E-state index contributed by atoms with van der Waals surface area (Å²) in [5.74, 6) is 0.651. The van der Waals surface area contributed by atoms with Crippen LogP contribution in [0.25, 0.3) is 6.08 Å². The summed E-state index contributed by atoms with van der Waals surface area (Å²) < 4.78 is 11.7. The van der Waals surface area contributed by atoms with Crippen molar-refractivity contribution in [1.82, 2.24) is 4.90 Å². The lowest BCUT2D eigenvalue weighted by Crippen LogP contribution is -2.27. The highest BCUT2D eigenvalue weighted by molar-refractivity contribution is 8.26. The van der Waals surface area contributed by atoms with Gasteiger partial charge in [0.15, 0.2) is 5.78 Å². The van der Waals surface area contributed by atoms with Gasteiger partial charge < -0.3 is 9.47 Å². The number of methoxy groups -OCH3 is 1. The van der Waals surface area contributed by atoms with E-state index in [2.05, 4.69) is 0 Å². The molecule has 0 unspecified atom stereocenters. The first kappa shape index (κ1) is 21.1. The second-order valence-corrected chi connectivity index (χ2v) is 7.82. The van der Waals surface area contributed by atoms with E-state index in [9.17, 15) is 9.59 Å². The third-order valence-corrected chi connectivity index (χ3v) is 5.77. The Morgan fingerprint density at radius 3 is 2.48 bits per heavy atom. The van der Waals surface area contributed by atoms with Crippen LogP contribution < -0.4 is 9.47 Å². The van der Waals surface area contributed by atoms with Crippen molar-refractivity contribution in [3.63, 3.8) is 0 Å². The number of hydrogen-bond acceptors (Lipinski definition) is 6. The highest BCUT2D eigenvalue weighted by atomic mass is 32.2. The summed E-state index contributed by atoms with van der Waals surface area (Å²) in [5, 5.41) is 0. The van der Waals surface area contributed by atoms with E-state index in [1.807, 2.05) is 32.0 Å². The molecule has 29 heavy (non-hydrogen) atoms. The number of carbonyl (C=O) groups excluding carboxylic acids is 2. The fourth-order valence-electron chi connectivity index (χ4n) is 2.98. The lowest BCUT2D eigenvalue weighted by Gasteiger charge is -2.14. The quantitative estimate of drug-likeness (QED) is 0.367. The van der Waals surface area contributed by atoms with Crippen molar-refractivity contribution >= 4 is 46.1 Å². The predicted molar refractivity (Wildman–Crippen MR) is 120 cm³/mol. The van der Waals surface area contributed by atoms with Gasteiger partial charge >= 0.3 is 0 Å². The number of nitrogens with zero attached hydrogens (tertiary/aromatic N) is 1. The number of amides is 1. The Morgan fingerprint density at radius 1 is 1.17 bits per heavy atom. The second kappa shape index (κ2) is 9.24. The number of ketones is 1. The minimum atomic E-state index is -0.160. The Balaban J connectivity index is 2.10. The molecule has 0 aromatic heterocycles. The first-order valence-corrected chi connectivity index (χ1v) is 10.4. The molecule has 3 rings (SSSR count). The van der Waals surface area contributed by atoms with Crippen LogP contribution in [0.1, 0.15) is 35.3 Å². The monoisotopic (exact) mass is 427 g/mol. The number of thiocarbonyl (C=S) groups is 1. The molecule has 5 nitrogen and oxygen atoms in total. The number of thioether (sulfide) groups is 1. The molecule has 150 valence electrons. The van der Waals surface area contributed by atoms with Crippen molar-refractivity contribution in [2.75, 3.05) is 20.3 Å². The summed E-state index contributed by atoms with van der Waals surface area (Å²) in [6, 6.07) is 12.4. The molecule has 0 bridgehead atoms. The van der Waals surface area contributed by atoms with E-state index in [-0.39, 0.29) is 11.7 Å². The number of carbonyl (C=O) groups is 2. The number of hydrogen-bond donors (Lipinski definition) is 0. The number of benzene rings is 2. The first-order valence-electron chi connectivity index (χ1n) is 9.20. The molecule has 2 aromatic rings. The van der Waals surface area contributed by atoms with Gasteiger partial charge in [0.2, 0.25) is 0 Å². The van der Waals surface area contributed by atoms with Crippen LogP contribution in [-0.2, 0) is 4.79 Å². The zero-order chi connectivity index (χ0) is 21.0. The molecule has 7 heteroatoms. The molecular formula is C22H21NO4S2. The summed E-state index contributed by atoms with van der Waals surface area (Å²) in [7, 11) is 1.54. The van der Waals surface area contributed by atoms with Gasteiger partial charge in [-0.25, -0.2) is 0 Å². The van der Waals surface area contributed by atoms with Gasteiger partial charge in [-0.3, -0.25) is 14.5 Å². The molecule has 0 aliphatic carbocycles. The molecule has 1 aliphatic rings. The fourth-order valence-corrected chi connectivity index (χ4v) is 4.35. The number of ether oxygens (including phenoxy) is 2. The van der Waals surface area contributed by atoms with Gasteiger partial charge in [-0.05, 0) is 26.0 Å². The normalized spacial score (nSPS) is 15.1. The van der Waals surface area contributed by atoms with Crippen molar-refractivity contribution in [3.05, 3.63) is 64.1 Å². The van der Waals surface area contributed by atoms with Crippen molar-refractivity contribution in [1.29, 1.82) is 0 Å². The van der Waals surface area contributed by atoms with E-state index in [1.165, 1.54) is 11.8 Å². The van der Waals surface area contributed by atoms with E-state index in [4.69, 9.17) is 21.7 Å². The number of rotatable bonds is 7. The molecule has 1 saturated heterocycles. The molecular weight excluding hydrogens is 406 g/mol. The molecule has 2 aromatic carbocycles. The van der Waals surface area contributed by atoms with Gasteiger partial charge in [0.05, 0.1) is 24.2 Å². The predicted octanol–water partition coefficient (Wildman–Crippen LogP) is 4.55. The van der Waals surface area contributed by atoms with Crippen LogP contribution >= 0.6 is 24.0 Å². The van der Waals surface area contributed by atoms with E-state index in [0.29, 0.717) is 50.6 Å². The summed E-state index contributed by atoms with van der Waals surface area (Å²) in [6.45, 7) is 4.65. The summed E-state index contributed by atoms with van der Waals surface area (Å²) >= 11 is 6.52. The van der Waals surface area contributed by atoms with Crippen LogP contribution in [0.15, 0.2) is 47.4 Å². The highest BCUT2D eigenvalue weighted by Crippen LogP contribution is 2.37. The largest absolute Gasteiger partial charge is 0.496 e. The maximum Gasteiger partial charge on any atom is 0.266 e. The van der Waals surface area contributed by atoms with Crippen LogP contribution in [0, 0.1) is 0 Å². The zero-order valence-electron chi connectivity index (χ0n) is 16.4. The van der Waals surface area contributed by atoms with Gasteiger partial charge in [0.1, 0.15) is 15.8 Å². The maximum absolute atomic E-state index is 13.1. The number of likely N-dealkylation sites (N-methyl/N-ethyl adjacent to an activating group) is 1. The minimum absolute atomic E-state index is 0.144. The Kier molecular flexibility index (Phi) is 6.71. The first-order chi connectivity index (χ1) is 14.0. The fraction of sp³-hybridized carbons (Fsp3) is 0.227. The topological polar surface area (TPSA) is 55.8 Å². The average Bonchev–Trinajstić information content (AvgIpc) is 3.01. The third kappa shape index (κ3) is 4.36. The van der Waals surface area contributed by atoms with Gasteiger partial charge in [-0.2, -0.15) is 0 Å². The highest BCUT2D eigenvalue weighted by Gasteiger charge is 2.31.